The third-order valence-electron chi connectivity index (χ3n) is 2.83. The summed E-state index contributed by atoms with van der Waals surface area (Å²) in [5.41, 5.74) is 5.39. The maximum Gasteiger partial charge on any atom is 0.287 e. The number of nitrogens with two attached hydrogens (primary N) is 1. The molecule has 106 valence electrons. The van der Waals surface area contributed by atoms with Crippen LogP contribution in [0.1, 0.15) is 36.6 Å². The SMILES string of the molecule is CCN(CC)C(=O)CCNC(=O)c1ccc(CN)o1. The average Bonchev–Trinajstić information content (AvgIpc) is 2.89. The van der Waals surface area contributed by atoms with Gasteiger partial charge in [-0.2, -0.15) is 0 Å². The number of nitrogens with one attached hydrogen (secondary N) is 1. The summed E-state index contributed by atoms with van der Waals surface area (Å²) in [6, 6.07) is 3.24. The Labute approximate surface area is 112 Å². The molecule has 0 fully saturated rings. The van der Waals surface area contributed by atoms with E-state index >= 15 is 0 Å². The largest absolute Gasteiger partial charge is 0.455 e. The highest BCUT2D eigenvalue weighted by atomic mass is 16.4. The van der Waals surface area contributed by atoms with Crippen LogP contribution in [0, 0.1) is 0 Å². The van der Waals surface area contributed by atoms with E-state index in [-0.39, 0.29) is 30.5 Å². The monoisotopic (exact) mass is 267 g/mol. The van der Waals surface area contributed by atoms with Crippen LogP contribution >= 0.6 is 0 Å². The van der Waals surface area contributed by atoms with Crippen LogP contribution in [-0.4, -0.2) is 36.3 Å². The van der Waals surface area contributed by atoms with Crippen molar-refractivity contribution in [2.45, 2.75) is 26.8 Å². The Morgan fingerprint density at radius 2 is 2.00 bits per heavy atom. The van der Waals surface area contributed by atoms with E-state index in [4.69, 9.17) is 10.2 Å². The van der Waals surface area contributed by atoms with E-state index in [0.717, 1.165) is 0 Å². The van der Waals surface area contributed by atoms with Crippen molar-refractivity contribution in [2.75, 3.05) is 19.6 Å². The smallest absolute Gasteiger partial charge is 0.287 e. The van der Waals surface area contributed by atoms with Crippen molar-refractivity contribution in [3.63, 3.8) is 0 Å². The minimum Gasteiger partial charge on any atom is -0.455 e. The molecule has 1 aromatic heterocycles. The number of hydrogen-bond donors (Lipinski definition) is 2. The third kappa shape index (κ3) is 4.40. The van der Waals surface area contributed by atoms with Gasteiger partial charge in [0.25, 0.3) is 5.91 Å². The Bertz CT molecular complexity index is 425. The molecule has 0 unspecified atom stereocenters. The first-order valence-corrected chi connectivity index (χ1v) is 6.47. The predicted molar refractivity (Wildman–Crippen MR) is 71.5 cm³/mol. The van der Waals surface area contributed by atoms with Gasteiger partial charge in [0.05, 0.1) is 6.54 Å². The zero-order valence-electron chi connectivity index (χ0n) is 11.4. The Balaban J connectivity index is 2.36. The molecular weight excluding hydrogens is 246 g/mol. The summed E-state index contributed by atoms with van der Waals surface area (Å²) in [7, 11) is 0. The Morgan fingerprint density at radius 3 is 2.53 bits per heavy atom. The summed E-state index contributed by atoms with van der Waals surface area (Å²) in [5.74, 6) is 0.486. The highest BCUT2D eigenvalue weighted by molar-refractivity contribution is 5.91. The lowest BCUT2D eigenvalue weighted by Gasteiger charge is -2.18. The molecule has 1 rings (SSSR count). The highest BCUT2D eigenvalue weighted by Crippen LogP contribution is 2.06. The Hall–Kier alpha value is -1.82. The zero-order valence-corrected chi connectivity index (χ0v) is 11.4. The van der Waals surface area contributed by atoms with E-state index in [2.05, 4.69) is 5.32 Å². The van der Waals surface area contributed by atoms with Gasteiger partial charge >= 0.3 is 0 Å². The van der Waals surface area contributed by atoms with Gasteiger partial charge in [0.15, 0.2) is 5.76 Å². The van der Waals surface area contributed by atoms with Gasteiger partial charge < -0.3 is 20.4 Å². The van der Waals surface area contributed by atoms with Gasteiger partial charge in [-0.1, -0.05) is 0 Å². The maximum absolute atomic E-state index is 11.7. The topological polar surface area (TPSA) is 88.6 Å². The van der Waals surface area contributed by atoms with Crippen molar-refractivity contribution < 1.29 is 14.0 Å². The lowest BCUT2D eigenvalue weighted by Crippen LogP contribution is -2.34. The molecule has 0 saturated heterocycles. The molecule has 0 saturated carbocycles. The number of hydrogen-bond acceptors (Lipinski definition) is 4. The van der Waals surface area contributed by atoms with Crippen LogP contribution in [-0.2, 0) is 11.3 Å². The van der Waals surface area contributed by atoms with Gasteiger partial charge in [0, 0.05) is 26.1 Å². The molecule has 0 aliphatic rings. The van der Waals surface area contributed by atoms with Crippen molar-refractivity contribution >= 4 is 11.8 Å². The second kappa shape index (κ2) is 7.58. The molecule has 0 atom stereocenters. The fraction of sp³-hybridized carbons (Fsp3) is 0.538. The maximum atomic E-state index is 11.7. The van der Waals surface area contributed by atoms with E-state index < -0.39 is 0 Å². The van der Waals surface area contributed by atoms with Crippen molar-refractivity contribution in [2.24, 2.45) is 5.73 Å². The molecule has 1 heterocycles. The van der Waals surface area contributed by atoms with Crippen molar-refractivity contribution in [3.05, 3.63) is 23.7 Å². The van der Waals surface area contributed by atoms with Gasteiger partial charge in [-0.3, -0.25) is 9.59 Å². The molecule has 0 aliphatic carbocycles. The molecule has 0 aromatic carbocycles. The molecule has 1 aromatic rings. The first kappa shape index (κ1) is 15.2. The van der Waals surface area contributed by atoms with Crippen LogP contribution in [0.25, 0.3) is 0 Å². The first-order valence-electron chi connectivity index (χ1n) is 6.47. The van der Waals surface area contributed by atoms with Gasteiger partial charge in [0.2, 0.25) is 5.91 Å². The van der Waals surface area contributed by atoms with Crippen molar-refractivity contribution in [1.82, 2.24) is 10.2 Å². The molecule has 3 N–H and O–H groups in total. The number of amides is 2. The second-order valence-corrected chi connectivity index (χ2v) is 4.04. The highest BCUT2D eigenvalue weighted by Gasteiger charge is 2.12. The van der Waals surface area contributed by atoms with Gasteiger partial charge in [0.1, 0.15) is 5.76 Å². The lowest BCUT2D eigenvalue weighted by atomic mass is 10.3. The van der Waals surface area contributed by atoms with Crippen molar-refractivity contribution in [3.8, 4) is 0 Å². The molecule has 0 bridgehead atoms. The number of furan rings is 1. The first-order chi connectivity index (χ1) is 9.12. The van der Waals surface area contributed by atoms with Gasteiger partial charge in [-0.15, -0.1) is 0 Å². The summed E-state index contributed by atoms with van der Waals surface area (Å²) < 4.78 is 5.21. The molecule has 6 heteroatoms. The molecule has 0 radical (unpaired) electrons. The minimum atomic E-state index is -0.327. The summed E-state index contributed by atoms with van der Waals surface area (Å²) in [6.45, 7) is 5.78. The fourth-order valence-electron chi connectivity index (χ4n) is 1.71. The summed E-state index contributed by atoms with van der Waals surface area (Å²) in [4.78, 5) is 25.1. The standard InChI is InChI=1S/C13H21N3O3/c1-3-16(4-2)12(17)7-8-15-13(18)11-6-5-10(9-14)19-11/h5-6H,3-4,7-9,14H2,1-2H3,(H,15,18). The number of nitrogens with zero attached hydrogens (tertiary/aromatic N) is 1. The average molecular weight is 267 g/mol. The Kier molecular flexibility index (Phi) is 6.08. The van der Waals surface area contributed by atoms with E-state index in [0.29, 0.717) is 25.4 Å². The van der Waals surface area contributed by atoms with E-state index in [1.54, 1.807) is 17.0 Å². The van der Waals surface area contributed by atoms with Gasteiger partial charge in [-0.25, -0.2) is 0 Å². The van der Waals surface area contributed by atoms with Crippen LogP contribution in [0.5, 0.6) is 0 Å². The number of carbonyl (C=O) groups is 2. The van der Waals surface area contributed by atoms with Crippen molar-refractivity contribution in [1.29, 1.82) is 0 Å². The number of carbonyl (C=O) groups excluding carboxylic acids is 2. The quantitative estimate of drug-likeness (QED) is 0.762. The molecule has 0 spiro atoms. The molecule has 6 nitrogen and oxygen atoms in total. The zero-order chi connectivity index (χ0) is 14.3. The van der Waals surface area contributed by atoms with Crippen LogP contribution in [0.15, 0.2) is 16.5 Å². The normalized spacial score (nSPS) is 10.3. The van der Waals surface area contributed by atoms with Crippen LogP contribution < -0.4 is 11.1 Å². The minimum absolute atomic E-state index is 0.0346. The molecule has 2 amide bonds. The van der Waals surface area contributed by atoms with Gasteiger partial charge in [-0.05, 0) is 26.0 Å². The summed E-state index contributed by atoms with van der Waals surface area (Å²) >= 11 is 0. The van der Waals surface area contributed by atoms with E-state index in [1.807, 2.05) is 13.8 Å². The van der Waals surface area contributed by atoms with E-state index in [9.17, 15) is 9.59 Å². The third-order valence-corrected chi connectivity index (χ3v) is 2.83. The molecular formula is C13H21N3O3. The number of rotatable bonds is 7. The lowest BCUT2D eigenvalue weighted by molar-refractivity contribution is -0.130. The summed E-state index contributed by atoms with van der Waals surface area (Å²) in [6.07, 6.45) is 0.290. The van der Waals surface area contributed by atoms with Crippen LogP contribution in [0.2, 0.25) is 0 Å². The second-order valence-electron chi connectivity index (χ2n) is 4.04. The van der Waals surface area contributed by atoms with Crippen LogP contribution in [0.4, 0.5) is 0 Å². The fourth-order valence-corrected chi connectivity index (χ4v) is 1.71. The summed E-state index contributed by atoms with van der Waals surface area (Å²) in [5, 5.41) is 2.65. The Morgan fingerprint density at radius 1 is 1.32 bits per heavy atom. The van der Waals surface area contributed by atoms with Crippen LogP contribution in [0.3, 0.4) is 0 Å². The van der Waals surface area contributed by atoms with E-state index in [1.165, 1.54) is 0 Å². The molecule has 0 aliphatic heterocycles. The predicted octanol–water partition coefficient (Wildman–Crippen LogP) is 0.727. The molecule has 19 heavy (non-hydrogen) atoms.